The highest BCUT2D eigenvalue weighted by molar-refractivity contribution is 8.02. The Balaban J connectivity index is 2.30. The highest BCUT2D eigenvalue weighted by Crippen LogP contribution is 2.28. The Labute approximate surface area is 154 Å². The summed E-state index contributed by atoms with van der Waals surface area (Å²) in [6.45, 7) is 1.89. The van der Waals surface area contributed by atoms with Crippen molar-refractivity contribution < 1.29 is 9.72 Å². The molecule has 7 nitrogen and oxygen atoms in total. The fourth-order valence-corrected chi connectivity index (χ4v) is 3.10. The Bertz CT molecular complexity index is 919. The summed E-state index contributed by atoms with van der Waals surface area (Å²) in [5.74, 6) is -0.510. The van der Waals surface area contributed by atoms with Crippen LogP contribution in [0, 0.1) is 28.4 Å². The lowest BCUT2D eigenvalue weighted by atomic mass is 10.2. The van der Waals surface area contributed by atoms with Crippen LogP contribution in [-0.2, 0) is 10.5 Å². The maximum Gasteiger partial charge on any atom is 0.269 e. The zero-order valence-electron chi connectivity index (χ0n) is 13.9. The van der Waals surface area contributed by atoms with Crippen molar-refractivity contribution in [2.75, 3.05) is 5.32 Å². The summed E-state index contributed by atoms with van der Waals surface area (Å²) in [4.78, 5) is 22.0. The van der Waals surface area contributed by atoms with Crippen LogP contribution >= 0.6 is 11.8 Å². The average molecular weight is 368 g/mol. The fraction of sp³-hybridized carbons (Fsp3) is 0.111. The summed E-state index contributed by atoms with van der Waals surface area (Å²) in [6, 6.07) is 15.4. The Morgan fingerprint density at radius 2 is 2.04 bits per heavy atom. The third-order valence-electron chi connectivity index (χ3n) is 3.48. The van der Waals surface area contributed by atoms with Crippen molar-refractivity contribution in [3.05, 3.63) is 80.4 Å². The number of hydrogen-bond acceptors (Lipinski definition) is 6. The van der Waals surface area contributed by atoms with Crippen LogP contribution in [0.15, 0.2) is 59.1 Å². The second-order valence-corrected chi connectivity index (χ2v) is 6.32. The molecule has 26 heavy (non-hydrogen) atoms. The number of amides is 1. The molecule has 0 aliphatic heterocycles. The van der Waals surface area contributed by atoms with E-state index in [-0.39, 0.29) is 11.3 Å². The molecule has 8 heteroatoms. The molecule has 0 aliphatic carbocycles. The van der Waals surface area contributed by atoms with E-state index in [1.54, 1.807) is 12.1 Å². The monoisotopic (exact) mass is 368 g/mol. The minimum absolute atomic E-state index is 0.0177. The van der Waals surface area contributed by atoms with Gasteiger partial charge in [-0.3, -0.25) is 14.9 Å². The highest BCUT2D eigenvalue weighted by Gasteiger charge is 2.15. The number of rotatable bonds is 7. The molecule has 0 saturated carbocycles. The third kappa shape index (κ3) is 4.84. The van der Waals surface area contributed by atoms with Crippen LogP contribution in [0.2, 0.25) is 0 Å². The molecule has 0 unspecified atom stereocenters. The first kappa shape index (κ1) is 19.0. The molecule has 0 spiro atoms. The molecule has 1 amide bonds. The molecule has 0 atom stereocenters. The van der Waals surface area contributed by atoms with Crippen LogP contribution in [0.5, 0.6) is 0 Å². The van der Waals surface area contributed by atoms with Crippen LogP contribution in [0.4, 0.5) is 11.4 Å². The zero-order chi connectivity index (χ0) is 19.1. The second-order valence-electron chi connectivity index (χ2n) is 5.34. The number of aryl methyl sites for hydroxylation is 1. The molecule has 0 fully saturated rings. The smallest absolute Gasteiger partial charge is 0.269 e. The van der Waals surface area contributed by atoms with E-state index < -0.39 is 10.8 Å². The maximum absolute atomic E-state index is 11.6. The Morgan fingerprint density at radius 1 is 1.31 bits per heavy atom. The summed E-state index contributed by atoms with van der Waals surface area (Å²) < 4.78 is 0. The molecule has 3 N–H and O–H groups in total. The molecular formula is C18H16N4O3S. The van der Waals surface area contributed by atoms with Gasteiger partial charge in [-0.25, -0.2) is 0 Å². The van der Waals surface area contributed by atoms with E-state index in [1.807, 2.05) is 37.3 Å². The van der Waals surface area contributed by atoms with Crippen LogP contribution in [-0.4, -0.2) is 10.8 Å². The topological polar surface area (TPSA) is 122 Å². The molecular weight excluding hydrogens is 352 g/mol. The van der Waals surface area contributed by atoms with E-state index >= 15 is 0 Å². The predicted molar refractivity (Wildman–Crippen MR) is 101 cm³/mol. The van der Waals surface area contributed by atoms with E-state index in [0.717, 1.165) is 11.3 Å². The molecule has 2 aromatic rings. The number of nitrogens with one attached hydrogen (secondary N) is 1. The van der Waals surface area contributed by atoms with Crippen molar-refractivity contribution in [1.82, 2.24) is 0 Å². The van der Waals surface area contributed by atoms with Gasteiger partial charge < -0.3 is 11.1 Å². The van der Waals surface area contributed by atoms with E-state index in [4.69, 9.17) is 5.73 Å². The number of carbonyl (C=O) groups is 1. The number of nitrogens with two attached hydrogens (primary N) is 1. The lowest BCUT2D eigenvalue weighted by Gasteiger charge is -2.14. The van der Waals surface area contributed by atoms with Crippen LogP contribution in [0.25, 0.3) is 0 Å². The van der Waals surface area contributed by atoms with E-state index in [9.17, 15) is 20.2 Å². The minimum Gasteiger partial charge on any atom is -0.365 e. The first-order chi connectivity index (χ1) is 12.4. The molecule has 0 bridgehead atoms. The van der Waals surface area contributed by atoms with Crippen LogP contribution in [0.1, 0.15) is 11.1 Å². The van der Waals surface area contributed by atoms with E-state index in [2.05, 4.69) is 5.32 Å². The normalized spacial score (nSPS) is 11.2. The number of nitriles is 1. The number of thioether (sulfide) groups is 1. The van der Waals surface area contributed by atoms with Gasteiger partial charge >= 0.3 is 0 Å². The van der Waals surface area contributed by atoms with Crippen molar-refractivity contribution in [1.29, 1.82) is 5.26 Å². The molecule has 2 rings (SSSR count). The Morgan fingerprint density at radius 3 is 2.65 bits per heavy atom. The predicted octanol–water partition coefficient (Wildman–Crippen LogP) is 3.47. The second kappa shape index (κ2) is 8.69. The summed E-state index contributed by atoms with van der Waals surface area (Å²) in [5.41, 5.74) is 7.46. The minimum atomic E-state index is -0.838. The van der Waals surface area contributed by atoms with Gasteiger partial charge in [0.15, 0.2) is 0 Å². The summed E-state index contributed by atoms with van der Waals surface area (Å²) >= 11 is 1.18. The number of hydrogen-bond donors (Lipinski definition) is 2. The number of nitro benzene ring substituents is 1. The summed E-state index contributed by atoms with van der Waals surface area (Å²) in [6.07, 6.45) is 0. The van der Waals surface area contributed by atoms with Gasteiger partial charge in [0, 0.05) is 23.6 Å². The lowest BCUT2D eigenvalue weighted by molar-refractivity contribution is -0.384. The highest BCUT2D eigenvalue weighted by atomic mass is 32.2. The zero-order valence-corrected chi connectivity index (χ0v) is 14.7. The SMILES string of the molecule is Cc1ccccc1N/C(SCc1cccc([N+](=O)[O-])c1)=C(/C#N)C(N)=O. The van der Waals surface area contributed by atoms with E-state index in [1.165, 1.54) is 23.9 Å². The van der Waals surface area contributed by atoms with Crippen molar-refractivity contribution in [2.45, 2.75) is 12.7 Å². The third-order valence-corrected chi connectivity index (χ3v) is 4.56. The van der Waals surface area contributed by atoms with Gasteiger partial charge in [0.2, 0.25) is 0 Å². The lowest BCUT2D eigenvalue weighted by Crippen LogP contribution is -2.17. The summed E-state index contributed by atoms with van der Waals surface area (Å²) in [5, 5.41) is 23.5. The number of primary amides is 1. The Hall–Kier alpha value is -3.31. The molecule has 2 aromatic carbocycles. The fourth-order valence-electron chi connectivity index (χ4n) is 2.14. The number of nitrogens with zero attached hydrogens (tertiary/aromatic N) is 2. The van der Waals surface area contributed by atoms with Crippen molar-refractivity contribution in [3.63, 3.8) is 0 Å². The van der Waals surface area contributed by atoms with Gasteiger partial charge in [0.25, 0.3) is 11.6 Å². The van der Waals surface area contributed by atoms with E-state index in [0.29, 0.717) is 16.3 Å². The molecule has 0 aliphatic rings. The quantitative estimate of drug-likeness (QED) is 0.334. The molecule has 0 aromatic heterocycles. The maximum atomic E-state index is 11.6. The van der Waals surface area contributed by atoms with Crippen molar-refractivity contribution >= 4 is 29.0 Å². The molecule has 0 saturated heterocycles. The first-order valence-electron chi connectivity index (χ1n) is 7.55. The summed E-state index contributed by atoms with van der Waals surface area (Å²) in [7, 11) is 0. The number of nitro groups is 1. The van der Waals surface area contributed by atoms with Crippen LogP contribution in [0.3, 0.4) is 0 Å². The first-order valence-corrected chi connectivity index (χ1v) is 8.54. The number of carbonyl (C=O) groups excluding carboxylic acids is 1. The molecule has 132 valence electrons. The Kier molecular flexibility index (Phi) is 6.36. The number of anilines is 1. The van der Waals surface area contributed by atoms with Gasteiger partial charge in [-0.05, 0) is 24.1 Å². The van der Waals surface area contributed by atoms with Gasteiger partial charge in [0.1, 0.15) is 11.6 Å². The van der Waals surface area contributed by atoms with Gasteiger partial charge in [-0.2, -0.15) is 5.26 Å². The largest absolute Gasteiger partial charge is 0.365 e. The standard InChI is InChI=1S/C18H16N4O3S/c1-12-5-2-3-8-16(12)21-18(15(10-19)17(20)23)26-11-13-6-4-7-14(9-13)22(24)25/h2-9,21H,11H2,1H3,(H2,20,23)/b18-15+. The van der Waals surface area contributed by atoms with Crippen molar-refractivity contribution in [2.24, 2.45) is 5.73 Å². The van der Waals surface area contributed by atoms with Crippen LogP contribution < -0.4 is 11.1 Å². The average Bonchev–Trinajstić information content (AvgIpc) is 2.61. The molecule has 0 radical (unpaired) electrons. The van der Waals surface area contributed by atoms with Crippen molar-refractivity contribution in [3.8, 4) is 6.07 Å². The van der Waals surface area contributed by atoms with Gasteiger partial charge in [0.05, 0.1) is 9.95 Å². The number of para-hydroxylation sites is 1. The molecule has 0 heterocycles. The number of non-ortho nitro benzene ring substituents is 1. The van der Waals surface area contributed by atoms with Gasteiger partial charge in [-0.1, -0.05) is 30.3 Å². The number of benzene rings is 2. The van der Waals surface area contributed by atoms with Gasteiger partial charge in [-0.15, -0.1) is 11.8 Å².